The van der Waals surface area contributed by atoms with Gasteiger partial charge in [0.15, 0.2) is 5.11 Å². The molecule has 0 amide bonds. The minimum absolute atomic E-state index is 0.0317. The summed E-state index contributed by atoms with van der Waals surface area (Å²) in [5.41, 5.74) is 9.95. The first kappa shape index (κ1) is 14.5. The van der Waals surface area contributed by atoms with E-state index in [1.165, 1.54) is 0 Å². The van der Waals surface area contributed by atoms with Crippen molar-refractivity contribution in [1.29, 1.82) is 0 Å². The zero-order valence-electron chi connectivity index (χ0n) is 11.6. The fraction of sp³-hybridized carbons (Fsp3) is 0.462. The average molecular weight is 295 g/mol. The molecule has 1 heterocycles. The van der Waals surface area contributed by atoms with Gasteiger partial charge in [0, 0.05) is 17.5 Å². The number of hydrogen-bond donors (Lipinski definition) is 3. The van der Waals surface area contributed by atoms with Gasteiger partial charge in [-0.3, -0.25) is 5.43 Å². The van der Waals surface area contributed by atoms with Gasteiger partial charge in [0.2, 0.25) is 5.76 Å². The summed E-state index contributed by atoms with van der Waals surface area (Å²) >= 11 is 4.74. The summed E-state index contributed by atoms with van der Waals surface area (Å²) in [6, 6.07) is 0. The number of hydrogen-bond acceptors (Lipinski definition) is 4. The minimum atomic E-state index is -1.07. The van der Waals surface area contributed by atoms with Crippen LogP contribution in [0.5, 0.6) is 0 Å². The lowest BCUT2D eigenvalue weighted by Gasteiger charge is -2.29. The highest BCUT2D eigenvalue weighted by Gasteiger charge is 2.36. The monoisotopic (exact) mass is 295 g/mol. The van der Waals surface area contributed by atoms with Gasteiger partial charge in [0.05, 0.1) is 5.71 Å². The second kappa shape index (κ2) is 4.90. The van der Waals surface area contributed by atoms with Crippen LogP contribution in [0.25, 0.3) is 0 Å². The van der Waals surface area contributed by atoms with E-state index < -0.39 is 5.97 Å². The summed E-state index contributed by atoms with van der Waals surface area (Å²) in [5.74, 6) is -0.452. The molecule has 0 aromatic carbocycles. The Morgan fingerprint density at radius 2 is 2.15 bits per heavy atom. The molecule has 1 aromatic heterocycles. The van der Waals surface area contributed by atoms with E-state index in [0.717, 1.165) is 11.3 Å². The summed E-state index contributed by atoms with van der Waals surface area (Å²) in [6.45, 7) is 5.87. The molecule has 0 aliphatic heterocycles. The molecular weight excluding hydrogens is 278 g/mol. The van der Waals surface area contributed by atoms with E-state index in [1.54, 1.807) is 6.92 Å². The summed E-state index contributed by atoms with van der Waals surface area (Å²) in [7, 11) is 0. The Labute approximate surface area is 122 Å². The van der Waals surface area contributed by atoms with Crippen LogP contribution in [0.3, 0.4) is 0 Å². The van der Waals surface area contributed by atoms with Crippen molar-refractivity contribution in [2.45, 2.75) is 33.6 Å². The zero-order chi connectivity index (χ0) is 15.1. The molecule has 4 N–H and O–H groups in total. The molecule has 0 fully saturated rings. The van der Waals surface area contributed by atoms with Crippen molar-refractivity contribution < 1.29 is 14.3 Å². The number of carbonyl (C=O) groups is 1. The topological polar surface area (TPSA) is 101 Å². The fourth-order valence-electron chi connectivity index (χ4n) is 2.54. The maximum atomic E-state index is 11.2. The van der Waals surface area contributed by atoms with E-state index in [2.05, 4.69) is 24.4 Å². The van der Waals surface area contributed by atoms with Gasteiger partial charge in [0.25, 0.3) is 0 Å². The maximum absolute atomic E-state index is 11.2. The van der Waals surface area contributed by atoms with E-state index in [-0.39, 0.29) is 16.3 Å². The second-order valence-electron chi connectivity index (χ2n) is 5.71. The molecule has 2 rings (SSSR count). The second-order valence-corrected chi connectivity index (χ2v) is 6.15. The van der Waals surface area contributed by atoms with Crippen molar-refractivity contribution in [3.63, 3.8) is 0 Å². The lowest BCUT2D eigenvalue weighted by atomic mass is 9.75. The van der Waals surface area contributed by atoms with Crippen molar-refractivity contribution in [2.75, 3.05) is 0 Å². The summed E-state index contributed by atoms with van der Waals surface area (Å²) in [6.07, 6.45) is 1.36. The first-order valence-corrected chi connectivity index (χ1v) is 6.60. The van der Waals surface area contributed by atoms with Crippen molar-refractivity contribution in [3.05, 3.63) is 22.6 Å². The van der Waals surface area contributed by atoms with Crippen LogP contribution in [0.1, 0.15) is 47.7 Å². The quantitative estimate of drug-likeness (QED) is 0.568. The molecule has 1 aliphatic rings. The van der Waals surface area contributed by atoms with Crippen molar-refractivity contribution >= 4 is 29.0 Å². The van der Waals surface area contributed by atoms with Crippen molar-refractivity contribution in [2.24, 2.45) is 16.3 Å². The Hall–Kier alpha value is -1.89. The van der Waals surface area contributed by atoms with Gasteiger partial charge in [0.1, 0.15) is 5.76 Å². The molecular formula is C13H17N3O3S. The molecule has 1 aliphatic carbocycles. The predicted molar refractivity (Wildman–Crippen MR) is 79.0 cm³/mol. The van der Waals surface area contributed by atoms with E-state index in [1.807, 2.05) is 0 Å². The number of aromatic carboxylic acids is 1. The third kappa shape index (κ3) is 2.67. The average Bonchev–Trinajstić information content (AvgIpc) is 2.62. The first-order chi connectivity index (χ1) is 9.21. The maximum Gasteiger partial charge on any atom is 0.372 e. The molecule has 7 heteroatoms. The van der Waals surface area contributed by atoms with Gasteiger partial charge < -0.3 is 15.3 Å². The number of carboxylic acids is 1. The summed E-state index contributed by atoms with van der Waals surface area (Å²) in [5, 5.41) is 13.4. The molecule has 0 spiro atoms. The Morgan fingerprint density at radius 1 is 1.50 bits per heavy atom. The van der Waals surface area contributed by atoms with Gasteiger partial charge in [-0.05, 0) is 31.0 Å². The highest BCUT2D eigenvalue weighted by atomic mass is 32.1. The molecule has 0 radical (unpaired) electrons. The van der Waals surface area contributed by atoms with Crippen LogP contribution in [0.15, 0.2) is 9.52 Å². The Morgan fingerprint density at radius 3 is 2.70 bits per heavy atom. The Bertz CT molecular complexity index is 617. The molecule has 6 nitrogen and oxygen atoms in total. The SMILES string of the molecule is Cc1c(C(=O)O)oc2c1/C(=N/NC(N)=S)CC(C)(C)C2. The molecule has 0 unspecified atom stereocenters. The van der Waals surface area contributed by atoms with Gasteiger partial charge in [-0.15, -0.1) is 0 Å². The van der Waals surface area contributed by atoms with Crippen LogP contribution in [-0.2, 0) is 6.42 Å². The van der Waals surface area contributed by atoms with Crippen LogP contribution < -0.4 is 11.2 Å². The van der Waals surface area contributed by atoms with Crippen molar-refractivity contribution in [1.82, 2.24) is 5.43 Å². The lowest BCUT2D eigenvalue weighted by molar-refractivity contribution is 0.0658. The highest BCUT2D eigenvalue weighted by Crippen LogP contribution is 2.38. The van der Waals surface area contributed by atoms with Gasteiger partial charge >= 0.3 is 5.97 Å². The molecule has 0 atom stereocenters. The van der Waals surface area contributed by atoms with Crippen LogP contribution in [0, 0.1) is 12.3 Å². The van der Waals surface area contributed by atoms with Crippen LogP contribution in [-0.4, -0.2) is 21.9 Å². The minimum Gasteiger partial charge on any atom is -0.475 e. The van der Waals surface area contributed by atoms with E-state index in [4.69, 9.17) is 27.5 Å². The molecule has 1 aromatic rings. The van der Waals surface area contributed by atoms with Crippen molar-refractivity contribution in [3.8, 4) is 0 Å². The predicted octanol–water partition coefficient (Wildman–Crippen LogP) is 1.80. The third-order valence-corrected chi connectivity index (χ3v) is 3.38. The number of hydrazone groups is 1. The van der Waals surface area contributed by atoms with E-state index in [9.17, 15) is 4.79 Å². The normalized spacial score (nSPS) is 18.6. The zero-order valence-corrected chi connectivity index (χ0v) is 12.4. The molecule has 0 saturated carbocycles. The molecule has 0 bridgehead atoms. The van der Waals surface area contributed by atoms with Gasteiger partial charge in [-0.1, -0.05) is 13.8 Å². The van der Waals surface area contributed by atoms with Crippen LogP contribution in [0.2, 0.25) is 0 Å². The molecule has 0 saturated heterocycles. The summed E-state index contributed by atoms with van der Waals surface area (Å²) in [4.78, 5) is 11.2. The van der Waals surface area contributed by atoms with Gasteiger partial charge in [-0.2, -0.15) is 5.10 Å². The van der Waals surface area contributed by atoms with E-state index in [0.29, 0.717) is 24.2 Å². The number of thiocarbonyl (C=S) groups is 1. The number of furan rings is 1. The summed E-state index contributed by atoms with van der Waals surface area (Å²) < 4.78 is 5.50. The number of fused-ring (bicyclic) bond motifs is 1. The van der Waals surface area contributed by atoms with Crippen LogP contribution >= 0.6 is 12.2 Å². The number of nitrogens with one attached hydrogen (secondary N) is 1. The fourth-order valence-corrected chi connectivity index (χ4v) is 2.58. The third-order valence-electron chi connectivity index (χ3n) is 3.29. The Balaban J connectivity index is 2.55. The van der Waals surface area contributed by atoms with E-state index >= 15 is 0 Å². The number of carboxylic acid groups (broad SMARTS) is 1. The molecule has 20 heavy (non-hydrogen) atoms. The largest absolute Gasteiger partial charge is 0.475 e. The highest BCUT2D eigenvalue weighted by molar-refractivity contribution is 7.80. The Kier molecular flexibility index (Phi) is 3.56. The standard InChI is InChI=1S/C13H17N3O3S/c1-6-9-7(15-16-12(14)20)4-13(2,3)5-8(9)19-10(6)11(17)18/h4-5H2,1-3H3,(H,17,18)(H3,14,16,20)/b15-7+. The number of nitrogens with zero attached hydrogens (tertiary/aromatic N) is 1. The first-order valence-electron chi connectivity index (χ1n) is 6.19. The number of nitrogens with two attached hydrogens (primary N) is 1. The smallest absolute Gasteiger partial charge is 0.372 e. The van der Waals surface area contributed by atoms with Gasteiger partial charge in [-0.25, -0.2) is 4.79 Å². The lowest BCUT2D eigenvalue weighted by Crippen LogP contribution is -2.31. The number of rotatable bonds is 2. The van der Waals surface area contributed by atoms with Crippen LogP contribution in [0.4, 0.5) is 0 Å². The molecule has 108 valence electrons.